The molecule has 0 fully saturated rings. The fourth-order valence-corrected chi connectivity index (χ4v) is 5.85. The first-order valence-corrected chi connectivity index (χ1v) is 11.7. The van der Waals surface area contributed by atoms with Crippen LogP contribution in [0.25, 0.3) is 0 Å². The van der Waals surface area contributed by atoms with E-state index in [2.05, 4.69) is 25.8 Å². The van der Waals surface area contributed by atoms with Crippen molar-refractivity contribution in [3.05, 3.63) is 22.5 Å². The predicted octanol–water partition coefficient (Wildman–Crippen LogP) is 2.80. The molecule has 0 unspecified atom stereocenters. The summed E-state index contributed by atoms with van der Waals surface area (Å²) in [5, 5.41) is 9.57. The quantitative estimate of drug-likeness (QED) is 0.602. The SMILES string of the molecule is CCCCc1nc(C(=O)O)c(CCCC)[c]([SnH3])c1CCCC. The van der Waals surface area contributed by atoms with Crippen molar-refractivity contribution in [2.45, 2.75) is 78.6 Å². The number of hydrogen-bond donors (Lipinski definition) is 1. The Hall–Kier alpha value is -0.581. The van der Waals surface area contributed by atoms with Crippen molar-refractivity contribution in [1.29, 1.82) is 0 Å². The van der Waals surface area contributed by atoms with Crippen LogP contribution in [0.2, 0.25) is 0 Å². The van der Waals surface area contributed by atoms with Gasteiger partial charge < -0.3 is 0 Å². The molecule has 0 radical (unpaired) electrons. The summed E-state index contributed by atoms with van der Waals surface area (Å²) in [6.07, 6.45) is 9.58. The van der Waals surface area contributed by atoms with Crippen LogP contribution in [0, 0.1) is 0 Å². The number of aromatic nitrogens is 1. The Morgan fingerprint density at radius 3 is 1.95 bits per heavy atom. The number of hydrogen-bond acceptors (Lipinski definition) is 2. The molecular formula is C18H31NO2Sn. The van der Waals surface area contributed by atoms with Crippen LogP contribution in [0.4, 0.5) is 0 Å². The minimum absolute atomic E-state index is 0.301. The molecule has 22 heavy (non-hydrogen) atoms. The van der Waals surface area contributed by atoms with Crippen molar-refractivity contribution in [1.82, 2.24) is 4.98 Å². The van der Waals surface area contributed by atoms with Gasteiger partial charge in [-0.25, -0.2) is 0 Å². The van der Waals surface area contributed by atoms with Crippen LogP contribution in [-0.2, 0) is 19.3 Å². The monoisotopic (exact) mass is 413 g/mol. The molecule has 1 rings (SSSR count). The van der Waals surface area contributed by atoms with Gasteiger partial charge in [0.2, 0.25) is 0 Å². The van der Waals surface area contributed by atoms with Gasteiger partial charge in [-0.2, -0.15) is 0 Å². The van der Waals surface area contributed by atoms with E-state index in [9.17, 15) is 9.90 Å². The summed E-state index contributed by atoms with van der Waals surface area (Å²) < 4.78 is 1.39. The molecule has 0 aliphatic heterocycles. The molecule has 1 aromatic heterocycles. The van der Waals surface area contributed by atoms with E-state index in [1.54, 1.807) is 0 Å². The van der Waals surface area contributed by atoms with Gasteiger partial charge in [0, 0.05) is 0 Å². The topological polar surface area (TPSA) is 50.2 Å². The van der Waals surface area contributed by atoms with Crippen molar-refractivity contribution in [3.8, 4) is 0 Å². The van der Waals surface area contributed by atoms with E-state index >= 15 is 0 Å². The number of carbonyl (C=O) groups is 1. The van der Waals surface area contributed by atoms with Gasteiger partial charge >= 0.3 is 148 Å². The number of unbranched alkanes of at least 4 members (excludes halogenated alkanes) is 3. The van der Waals surface area contributed by atoms with Crippen LogP contribution in [0.1, 0.15) is 86.6 Å². The number of nitrogens with zero attached hydrogens (tertiary/aromatic N) is 1. The molecule has 0 aliphatic carbocycles. The van der Waals surface area contributed by atoms with Crippen LogP contribution < -0.4 is 3.58 Å². The first-order chi connectivity index (χ1) is 10.6. The molecular weight excluding hydrogens is 381 g/mol. The molecule has 1 N–H and O–H groups in total. The summed E-state index contributed by atoms with van der Waals surface area (Å²) in [4.78, 5) is 16.3. The number of carboxylic acids is 1. The van der Waals surface area contributed by atoms with Crippen molar-refractivity contribution in [2.24, 2.45) is 0 Å². The fraction of sp³-hybridized carbons (Fsp3) is 0.667. The van der Waals surface area contributed by atoms with E-state index < -0.39 is 5.97 Å². The van der Waals surface area contributed by atoms with Gasteiger partial charge in [-0.3, -0.25) is 0 Å². The first kappa shape index (κ1) is 19.5. The second-order valence-corrected chi connectivity index (χ2v) is 8.96. The van der Waals surface area contributed by atoms with Gasteiger partial charge in [0.1, 0.15) is 0 Å². The van der Waals surface area contributed by atoms with Gasteiger partial charge in [0.25, 0.3) is 0 Å². The van der Waals surface area contributed by atoms with Crippen LogP contribution in [-0.4, -0.2) is 38.6 Å². The Labute approximate surface area is 148 Å². The van der Waals surface area contributed by atoms with Crippen molar-refractivity contribution < 1.29 is 9.90 Å². The molecule has 0 spiro atoms. The van der Waals surface area contributed by atoms with Crippen molar-refractivity contribution in [2.75, 3.05) is 0 Å². The van der Waals surface area contributed by atoms with Crippen LogP contribution >= 0.6 is 0 Å². The molecule has 0 amide bonds. The average Bonchev–Trinajstić information content (AvgIpc) is 2.50. The summed E-state index contributed by atoms with van der Waals surface area (Å²) in [6.45, 7) is 6.53. The van der Waals surface area contributed by atoms with Crippen molar-refractivity contribution >= 4 is 32.1 Å². The van der Waals surface area contributed by atoms with Crippen molar-refractivity contribution in [3.63, 3.8) is 0 Å². The molecule has 0 saturated heterocycles. The van der Waals surface area contributed by atoms with Crippen LogP contribution in [0.5, 0.6) is 0 Å². The summed E-state index contributed by atoms with van der Waals surface area (Å²) in [6, 6.07) is 0. The summed E-state index contributed by atoms with van der Waals surface area (Å²) >= 11 is 0.301. The van der Waals surface area contributed by atoms with E-state index in [4.69, 9.17) is 0 Å². The molecule has 3 nitrogen and oxygen atoms in total. The fourth-order valence-electron chi connectivity index (χ4n) is 2.92. The summed E-state index contributed by atoms with van der Waals surface area (Å²) in [7, 11) is 0. The zero-order chi connectivity index (χ0) is 16.5. The normalized spacial score (nSPS) is 11.0. The van der Waals surface area contributed by atoms with Gasteiger partial charge in [-0.05, 0) is 0 Å². The van der Waals surface area contributed by atoms with E-state index in [1.807, 2.05) is 0 Å². The molecule has 4 heteroatoms. The predicted molar refractivity (Wildman–Crippen MR) is 96.6 cm³/mol. The Morgan fingerprint density at radius 1 is 0.955 bits per heavy atom. The van der Waals surface area contributed by atoms with E-state index in [-0.39, 0.29) is 0 Å². The summed E-state index contributed by atoms with van der Waals surface area (Å²) in [5.74, 6) is -0.847. The second-order valence-electron chi connectivity index (χ2n) is 6.11. The molecule has 0 atom stereocenters. The third kappa shape index (κ3) is 5.25. The maximum absolute atomic E-state index is 11.6. The third-order valence-corrected chi connectivity index (χ3v) is 7.76. The second kappa shape index (κ2) is 10.2. The van der Waals surface area contributed by atoms with Gasteiger partial charge in [0.05, 0.1) is 0 Å². The molecule has 0 bridgehead atoms. The van der Waals surface area contributed by atoms with Crippen LogP contribution in [0.3, 0.4) is 0 Å². The zero-order valence-electron chi connectivity index (χ0n) is 14.7. The first-order valence-electron chi connectivity index (χ1n) is 8.81. The molecule has 0 saturated carbocycles. The Morgan fingerprint density at radius 2 is 1.45 bits per heavy atom. The number of aryl methyl sites for hydroxylation is 1. The Kier molecular flexibility index (Phi) is 9.06. The number of carboxylic acid groups (broad SMARTS) is 1. The number of pyridine rings is 1. The van der Waals surface area contributed by atoms with Gasteiger partial charge in [-0.1, -0.05) is 0 Å². The summed E-state index contributed by atoms with van der Waals surface area (Å²) in [5.41, 5.74) is 3.87. The van der Waals surface area contributed by atoms with E-state index in [1.165, 1.54) is 22.0 Å². The standard InChI is InChI=1S/C18H28NO2.Sn.3H/c1-4-7-10-14-13-15(11-8-5-2)17(18(20)21)19-16(14)12-9-6-3;;;;/h4-12H2,1-3H3,(H,20,21);;;;. The van der Waals surface area contributed by atoms with E-state index in [0.717, 1.165) is 56.2 Å². The molecule has 0 aliphatic rings. The molecule has 124 valence electrons. The van der Waals surface area contributed by atoms with E-state index in [0.29, 0.717) is 28.2 Å². The zero-order valence-corrected chi connectivity index (χ0v) is 20.4. The molecule has 0 aromatic carbocycles. The number of aromatic carboxylic acids is 1. The molecule has 1 aromatic rings. The van der Waals surface area contributed by atoms with Gasteiger partial charge in [-0.15, -0.1) is 0 Å². The third-order valence-electron chi connectivity index (χ3n) is 4.32. The maximum atomic E-state index is 11.6. The minimum atomic E-state index is -0.847. The van der Waals surface area contributed by atoms with Gasteiger partial charge in [0.15, 0.2) is 0 Å². The average molecular weight is 412 g/mol. The Balaban J connectivity index is 3.32. The van der Waals surface area contributed by atoms with Crippen LogP contribution in [0.15, 0.2) is 0 Å². The number of rotatable bonds is 10. The molecule has 1 heterocycles. The Bertz CT molecular complexity index is 500.